The lowest BCUT2D eigenvalue weighted by atomic mass is 10.1. The van der Waals surface area contributed by atoms with Crippen LogP contribution >= 0.6 is 19.2 Å². The molecule has 16 heteroatoms. The van der Waals surface area contributed by atoms with Gasteiger partial charge in [0.15, 0.2) is 23.9 Å². The average Bonchev–Trinajstić information content (AvgIpc) is 3.23. The molecule has 1 fully saturated rings. The SMILES string of the molecule is CCC(OC[C@H]1O[C@@H](n2cnc3c(N)nc(Cl)nc32)[C@@H](F)[C@@H]1O)(C(=O)OC)P(=O)(O)O. The highest BCUT2D eigenvalue weighted by Crippen LogP contribution is 2.54. The van der Waals surface area contributed by atoms with Crippen LogP contribution < -0.4 is 5.73 Å². The van der Waals surface area contributed by atoms with Gasteiger partial charge in [-0.15, -0.1) is 0 Å². The Morgan fingerprint density at radius 3 is 2.74 bits per heavy atom. The molecule has 1 aliphatic rings. The molecule has 5 atom stereocenters. The first-order valence-corrected chi connectivity index (χ1v) is 10.9. The second-order valence-corrected chi connectivity index (χ2v) is 8.84. The van der Waals surface area contributed by atoms with Crippen LogP contribution in [0.1, 0.15) is 19.6 Å². The van der Waals surface area contributed by atoms with Gasteiger partial charge in [-0.2, -0.15) is 9.97 Å². The quantitative estimate of drug-likeness (QED) is 0.237. The molecule has 5 N–H and O–H groups in total. The molecule has 0 amide bonds. The standard InChI is InChI=1S/C15H20ClFN5O8P/c1-3-15(13(24)28-2,31(25,26)27)29-4-6-9(23)7(17)12(30-6)22-5-19-8-10(18)20-14(16)21-11(8)22/h5-7,9,12,23H,3-4H2,1-2H3,(H2,18,20,21)(H2,25,26,27)/t6-,7+,9-,12-,15?/m1/s1. The summed E-state index contributed by atoms with van der Waals surface area (Å²) >= 11 is 5.79. The molecule has 0 spiro atoms. The zero-order valence-electron chi connectivity index (χ0n) is 16.3. The lowest BCUT2D eigenvalue weighted by molar-refractivity contribution is -0.166. The number of anilines is 1. The van der Waals surface area contributed by atoms with Gasteiger partial charge >= 0.3 is 13.6 Å². The number of carbonyl (C=O) groups is 1. The fourth-order valence-corrected chi connectivity index (χ4v) is 4.41. The molecule has 0 aromatic carbocycles. The number of nitrogens with zero attached hydrogens (tertiary/aromatic N) is 4. The van der Waals surface area contributed by atoms with Gasteiger partial charge in [-0.25, -0.2) is 14.2 Å². The molecule has 0 aliphatic carbocycles. The van der Waals surface area contributed by atoms with E-state index in [-0.39, 0.29) is 22.3 Å². The van der Waals surface area contributed by atoms with Crippen molar-refractivity contribution in [3.8, 4) is 0 Å². The predicted octanol–water partition coefficient (Wildman–Crippen LogP) is 0.132. The van der Waals surface area contributed by atoms with Gasteiger partial charge in [-0.05, 0) is 18.0 Å². The molecule has 1 unspecified atom stereocenters. The third-order valence-corrected chi connectivity index (χ3v) is 6.67. The van der Waals surface area contributed by atoms with Gasteiger partial charge in [-0.1, -0.05) is 6.92 Å². The number of carbonyl (C=O) groups excluding carboxylic acids is 1. The lowest BCUT2D eigenvalue weighted by Crippen LogP contribution is -2.45. The number of hydrogen-bond acceptors (Lipinski definition) is 10. The molecule has 0 bridgehead atoms. The van der Waals surface area contributed by atoms with Crippen LogP contribution in [-0.4, -0.2) is 77.8 Å². The highest BCUT2D eigenvalue weighted by atomic mass is 35.5. The second kappa shape index (κ2) is 8.54. The third kappa shape index (κ3) is 4.00. The van der Waals surface area contributed by atoms with Crippen LogP contribution in [-0.2, 0) is 23.6 Å². The maximum Gasteiger partial charge on any atom is 0.368 e. The van der Waals surface area contributed by atoms with Gasteiger partial charge in [0.1, 0.15) is 17.7 Å². The van der Waals surface area contributed by atoms with E-state index in [9.17, 15) is 28.6 Å². The number of fused-ring (bicyclic) bond motifs is 1. The first-order valence-electron chi connectivity index (χ1n) is 8.88. The van der Waals surface area contributed by atoms with Crippen LogP contribution in [0.4, 0.5) is 10.2 Å². The number of hydrogen-bond donors (Lipinski definition) is 4. The van der Waals surface area contributed by atoms with Crippen LogP contribution in [0.15, 0.2) is 6.33 Å². The normalized spacial score (nSPS) is 26.2. The molecule has 0 radical (unpaired) electrons. The Kier molecular flexibility index (Phi) is 6.54. The first kappa shape index (κ1) is 23.7. The fraction of sp³-hybridized carbons (Fsp3) is 0.600. The largest absolute Gasteiger partial charge is 0.466 e. The second-order valence-electron chi connectivity index (χ2n) is 6.69. The topological polar surface area (TPSA) is 192 Å². The van der Waals surface area contributed by atoms with Gasteiger partial charge < -0.3 is 34.8 Å². The van der Waals surface area contributed by atoms with E-state index >= 15 is 0 Å². The van der Waals surface area contributed by atoms with Crippen LogP contribution in [0, 0.1) is 0 Å². The molecular weight excluding hydrogens is 464 g/mol. The number of esters is 1. The summed E-state index contributed by atoms with van der Waals surface area (Å²) in [7, 11) is -4.23. The zero-order valence-corrected chi connectivity index (χ0v) is 17.9. The Bertz CT molecular complexity index is 1040. The van der Waals surface area contributed by atoms with Gasteiger partial charge in [0.2, 0.25) is 5.28 Å². The zero-order chi connectivity index (χ0) is 23.1. The summed E-state index contributed by atoms with van der Waals surface area (Å²) in [4.78, 5) is 43.0. The van der Waals surface area contributed by atoms with Gasteiger partial charge in [0.25, 0.3) is 5.34 Å². The van der Waals surface area contributed by atoms with Gasteiger partial charge in [0, 0.05) is 0 Å². The highest BCUT2D eigenvalue weighted by molar-refractivity contribution is 7.54. The molecule has 172 valence electrons. The van der Waals surface area contributed by atoms with E-state index in [2.05, 4.69) is 19.7 Å². The number of nitrogens with two attached hydrogens (primary N) is 1. The molecule has 3 rings (SSSR count). The summed E-state index contributed by atoms with van der Waals surface area (Å²) < 4.78 is 43.1. The van der Waals surface area contributed by atoms with Crippen molar-refractivity contribution in [1.29, 1.82) is 0 Å². The predicted molar refractivity (Wildman–Crippen MR) is 103 cm³/mol. The van der Waals surface area contributed by atoms with Crippen molar-refractivity contribution < 1.29 is 42.9 Å². The van der Waals surface area contributed by atoms with Crippen molar-refractivity contribution in [3.05, 3.63) is 11.6 Å². The number of rotatable bonds is 7. The number of methoxy groups -OCH3 is 1. The van der Waals surface area contributed by atoms with Gasteiger partial charge in [0.05, 0.1) is 20.0 Å². The molecule has 2 aromatic heterocycles. The average molecular weight is 484 g/mol. The van der Waals surface area contributed by atoms with Crippen LogP contribution in [0.2, 0.25) is 5.28 Å². The summed E-state index contributed by atoms with van der Waals surface area (Å²) in [5, 5.41) is 7.42. The summed E-state index contributed by atoms with van der Waals surface area (Å²) in [6.07, 6.45) is -5.89. The van der Waals surface area contributed by atoms with E-state index in [1.165, 1.54) is 13.3 Å². The number of aliphatic hydroxyl groups is 1. The van der Waals surface area contributed by atoms with Crippen molar-refractivity contribution in [2.75, 3.05) is 19.5 Å². The van der Waals surface area contributed by atoms with E-state index in [0.717, 1.165) is 11.7 Å². The van der Waals surface area contributed by atoms with Gasteiger partial charge in [-0.3, -0.25) is 9.13 Å². The van der Waals surface area contributed by atoms with E-state index in [1.807, 2.05) is 0 Å². The molecule has 13 nitrogen and oxygen atoms in total. The number of alkyl halides is 1. The maximum atomic E-state index is 14.9. The summed E-state index contributed by atoms with van der Waals surface area (Å²) in [6.45, 7) is 0.574. The van der Waals surface area contributed by atoms with E-state index < -0.39 is 56.5 Å². The molecule has 1 aliphatic heterocycles. The molecule has 2 aromatic rings. The summed E-state index contributed by atoms with van der Waals surface area (Å²) in [6, 6.07) is 0. The van der Waals surface area contributed by atoms with Crippen molar-refractivity contribution in [3.63, 3.8) is 0 Å². The third-order valence-electron chi connectivity index (χ3n) is 4.93. The van der Waals surface area contributed by atoms with Crippen LogP contribution in [0.3, 0.4) is 0 Å². The molecule has 0 saturated carbocycles. The first-order chi connectivity index (χ1) is 14.5. The smallest absolute Gasteiger partial charge is 0.368 e. The Morgan fingerprint density at radius 2 is 2.16 bits per heavy atom. The number of halogens is 2. The lowest BCUT2D eigenvalue weighted by Gasteiger charge is -2.31. The Hall–Kier alpha value is -1.93. The van der Waals surface area contributed by atoms with Crippen LogP contribution in [0.25, 0.3) is 11.2 Å². The number of nitrogen functional groups attached to an aromatic ring is 1. The minimum atomic E-state index is -5.17. The van der Waals surface area contributed by atoms with Crippen molar-refractivity contribution in [2.24, 2.45) is 0 Å². The summed E-state index contributed by atoms with van der Waals surface area (Å²) in [5.41, 5.74) is 5.90. The maximum absolute atomic E-state index is 14.9. The van der Waals surface area contributed by atoms with Crippen LogP contribution in [0.5, 0.6) is 0 Å². The minimum absolute atomic E-state index is 0.0463. The Labute approximate surface area is 179 Å². The highest BCUT2D eigenvalue weighted by Gasteiger charge is 2.56. The molecular formula is C15H20ClFN5O8P. The number of ether oxygens (including phenoxy) is 3. The minimum Gasteiger partial charge on any atom is -0.466 e. The van der Waals surface area contributed by atoms with E-state index in [4.69, 9.17) is 26.8 Å². The Morgan fingerprint density at radius 1 is 1.48 bits per heavy atom. The van der Waals surface area contributed by atoms with Crippen molar-refractivity contribution in [1.82, 2.24) is 19.5 Å². The van der Waals surface area contributed by atoms with Crippen molar-refractivity contribution >= 4 is 42.1 Å². The number of aliphatic hydroxyl groups excluding tert-OH is 1. The number of imidazole rings is 1. The summed E-state index contributed by atoms with van der Waals surface area (Å²) in [5.74, 6) is -1.36. The molecule has 1 saturated heterocycles. The fourth-order valence-electron chi connectivity index (χ4n) is 3.26. The van der Waals surface area contributed by atoms with E-state index in [0.29, 0.717) is 0 Å². The Balaban J connectivity index is 1.86. The monoisotopic (exact) mass is 483 g/mol. The van der Waals surface area contributed by atoms with E-state index in [1.54, 1.807) is 0 Å². The molecule has 31 heavy (non-hydrogen) atoms. The molecule has 3 heterocycles. The number of aromatic nitrogens is 4. The van der Waals surface area contributed by atoms with Crippen molar-refractivity contribution in [2.45, 2.75) is 43.3 Å².